The lowest BCUT2D eigenvalue weighted by Gasteiger charge is -1.98. The van der Waals surface area contributed by atoms with Crippen LogP contribution >= 0.6 is 0 Å². The number of aliphatic carboxylic acids is 1. The molecule has 0 radical (unpaired) electrons. The summed E-state index contributed by atoms with van der Waals surface area (Å²) in [6.07, 6.45) is 1.95. The van der Waals surface area contributed by atoms with E-state index < -0.39 is 17.5 Å². The van der Waals surface area contributed by atoms with Gasteiger partial charge in [0.05, 0.1) is 0 Å². The van der Waals surface area contributed by atoms with E-state index in [4.69, 9.17) is 10.2 Å². The second-order valence-corrected chi connectivity index (χ2v) is 2.35. The zero-order valence-electron chi connectivity index (χ0n) is 6.57. The first kappa shape index (κ1) is 9.25. The molecule has 2 N–H and O–H groups in total. The van der Waals surface area contributed by atoms with Crippen LogP contribution in [-0.4, -0.2) is 16.2 Å². The van der Waals surface area contributed by atoms with E-state index >= 15 is 0 Å². The molecule has 1 rings (SSSR count). The summed E-state index contributed by atoms with van der Waals surface area (Å²) in [6, 6.07) is 3.89. The molecule has 4 heteroatoms. The summed E-state index contributed by atoms with van der Waals surface area (Å²) in [5, 5.41) is 17.4. The van der Waals surface area contributed by atoms with Crippen LogP contribution in [-0.2, 0) is 4.79 Å². The topological polar surface area (TPSA) is 57.5 Å². The highest BCUT2D eigenvalue weighted by Crippen LogP contribution is 2.21. The number of hydrogen-bond acceptors (Lipinski definition) is 2. The number of phenols is 1. The minimum atomic E-state index is -1.15. The molecule has 0 saturated carbocycles. The molecule has 3 nitrogen and oxygen atoms in total. The number of phenolic OH excluding ortho intramolecular Hbond substituents is 1. The van der Waals surface area contributed by atoms with Gasteiger partial charge in [-0.05, 0) is 12.1 Å². The first-order chi connectivity index (χ1) is 6.11. The van der Waals surface area contributed by atoms with Gasteiger partial charge >= 0.3 is 5.97 Å². The second kappa shape index (κ2) is 3.71. The smallest absolute Gasteiger partial charge is 0.328 e. The molecule has 0 aliphatic heterocycles. The molecular formula is C9H7FO3. The Hall–Kier alpha value is -1.84. The predicted octanol–water partition coefficient (Wildman–Crippen LogP) is 1.63. The lowest BCUT2D eigenvalue weighted by molar-refractivity contribution is -0.131. The van der Waals surface area contributed by atoms with Crippen LogP contribution in [0.5, 0.6) is 5.75 Å². The van der Waals surface area contributed by atoms with E-state index in [1.807, 2.05) is 0 Å². The number of halogens is 1. The molecule has 0 heterocycles. The first-order valence-corrected chi connectivity index (χ1v) is 3.50. The molecule has 1 aromatic rings. The monoisotopic (exact) mass is 182 g/mol. The van der Waals surface area contributed by atoms with Crippen molar-refractivity contribution in [3.63, 3.8) is 0 Å². The van der Waals surface area contributed by atoms with Crippen LogP contribution < -0.4 is 0 Å². The van der Waals surface area contributed by atoms with Crippen molar-refractivity contribution >= 4 is 12.0 Å². The highest BCUT2D eigenvalue weighted by Gasteiger charge is 2.02. The Morgan fingerprint density at radius 2 is 2.15 bits per heavy atom. The summed E-state index contributed by atoms with van der Waals surface area (Å²) < 4.78 is 12.7. The van der Waals surface area contributed by atoms with Crippen LogP contribution in [0.4, 0.5) is 4.39 Å². The molecule has 0 unspecified atom stereocenters. The molecule has 0 amide bonds. The van der Waals surface area contributed by atoms with Gasteiger partial charge < -0.3 is 10.2 Å². The van der Waals surface area contributed by atoms with Crippen molar-refractivity contribution in [3.8, 4) is 5.75 Å². The molecule has 13 heavy (non-hydrogen) atoms. The molecule has 0 bridgehead atoms. The molecule has 0 atom stereocenters. The number of rotatable bonds is 2. The van der Waals surface area contributed by atoms with Crippen molar-refractivity contribution in [1.82, 2.24) is 0 Å². The number of para-hydroxylation sites is 1. The maximum atomic E-state index is 12.7. The summed E-state index contributed by atoms with van der Waals surface area (Å²) in [6.45, 7) is 0. The van der Waals surface area contributed by atoms with Gasteiger partial charge in [0, 0.05) is 11.6 Å². The van der Waals surface area contributed by atoms with Crippen molar-refractivity contribution in [3.05, 3.63) is 35.7 Å². The van der Waals surface area contributed by atoms with Crippen molar-refractivity contribution in [1.29, 1.82) is 0 Å². The van der Waals surface area contributed by atoms with Gasteiger partial charge in [-0.1, -0.05) is 12.1 Å². The number of carbonyl (C=O) groups is 1. The van der Waals surface area contributed by atoms with Crippen LogP contribution in [0, 0.1) is 5.82 Å². The van der Waals surface area contributed by atoms with E-state index in [0.29, 0.717) is 0 Å². The average molecular weight is 182 g/mol. The Balaban J connectivity index is 3.02. The van der Waals surface area contributed by atoms with Gasteiger partial charge in [0.25, 0.3) is 0 Å². The maximum absolute atomic E-state index is 12.7. The molecule has 68 valence electrons. The van der Waals surface area contributed by atoms with E-state index in [1.165, 1.54) is 12.1 Å². The van der Waals surface area contributed by atoms with Crippen LogP contribution in [0.3, 0.4) is 0 Å². The summed E-state index contributed by atoms with van der Waals surface area (Å²) in [4.78, 5) is 10.1. The van der Waals surface area contributed by atoms with Crippen LogP contribution in [0.1, 0.15) is 5.56 Å². The van der Waals surface area contributed by atoms with Gasteiger partial charge in [-0.15, -0.1) is 0 Å². The summed E-state index contributed by atoms with van der Waals surface area (Å²) in [5.41, 5.74) is 0.141. The molecule has 1 aromatic carbocycles. The number of carboxylic acid groups (broad SMARTS) is 1. The standard InChI is InChI=1S/C9H7FO3/c10-7-3-1-2-6(9(7)13)4-5-8(11)12/h1-5,13H,(H,11,12). The Labute approximate surface area is 73.8 Å². The lowest BCUT2D eigenvalue weighted by Crippen LogP contribution is -1.86. The van der Waals surface area contributed by atoms with Gasteiger partial charge in [-0.2, -0.15) is 0 Å². The lowest BCUT2D eigenvalue weighted by atomic mass is 10.2. The molecule has 0 fully saturated rings. The minimum absolute atomic E-state index is 0.141. The molecule has 0 spiro atoms. The molecule has 0 aliphatic carbocycles. The third-order valence-corrected chi connectivity index (χ3v) is 1.42. The Kier molecular flexibility index (Phi) is 2.64. The first-order valence-electron chi connectivity index (χ1n) is 3.50. The largest absolute Gasteiger partial charge is 0.504 e. The van der Waals surface area contributed by atoms with Crippen molar-refractivity contribution < 1.29 is 19.4 Å². The van der Waals surface area contributed by atoms with Gasteiger partial charge in [0.15, 0.2) is 11.6 Å². The third-order valence-electron chi connectivity index (χ3n) is 1.42. The van der Waals surface area contributed by atoms with Gasteiger partial charge in [0.2, 0.25) is 0 Å². The molecule has 0 aliphatic rings. The van der Waals surface area contributed by atoms with Crippen LogP contribution in [0.25, 0.3) is 6.08 Å². The Morgan fingerprint density at radius 3 is 2.77 bits per heavy atom. The maximum Gasteiger partial charge on any atom is 0.328 e. The number of benzene rings is 1. The fourth-order valence-corrected chi connectivity index (χ4v) is 0.828. The number of carboxylic acids is 1. The van der Waals surface area contributed by atoms with Gasteiger partial charge in [-0.3, -0.25) is 0 Å². The Bertz CT molecular complexity index is 358. The normalized spacial score (nSPS) is 10.5. The predicted molar refractivity (Wildman–Crippen MR) is 44.7 cm³/mol. The second-order valence-electron chi connectivity index (χ2n) is 2.35. The zero-order chi connectivity index (χ0) is 9.84. The molecular weight excluding hydrogens is 175 g/mol. The van der Waals surface area contributed by atoms with E-state index in [9.17, 15) is 9.18 Å². The van der Waals surface area contributed by atoms with Gasteiger partial charge in [0.1, 0.15) is 0 Å². The Morgan fingerprint density at radius 1 is 1.46 bits per heavy atom. The average Bonchev–Trinajstić information content (AvgIpc) is 2.07. The fourth-order valence-electron chi connectivity index (χ4n) is 0.828. The minimum Gasteiger partial charge on any atom is -0.504 e. The van der Waals surface area contributed by atoms with E-state index in [0.717, 1.165) is 18.2 Å². The van der Waals surface area contributed by atoms with Crippen LogP contribution in [0.2, 0.25) is 0 Å². The SMILES string of the molecule is O=C(O)C=Cc1cccc(F)c1O. The van der Waals surface area contributed by atoms with Crippen molar-refractivity contribution in [2.45, 2.75) is 0 Å². The van der Waals surface area contributed by atoms with E-state index in [2.05, 4.69) is 0 Å². The third kappa shape index (κ3) is 2.30. The van der Waals surface area contributed by atoms with Crippen molar-refractivity contribution in [2.24, 2.45) is 0 Å². The number of aromatic hydroxyl groups is 1. The molecule has 0 saturated heterocycles. The zero-order valence-corrected chi connectivity index (χ0v) is 6.57. The van der Waals surface area contributed by atoms with Crippen molar-refractivity contribution in [2.75, 3.05) is 0 Å². The summed E-state index contributed by atoms with van der Waals surface area (Å²) in [5.74, 6) is -2.46. The molecule has 0 aromatic heterocycles. The summed E-state index contributed by atoms with van der Waals surface area (Å²) in [7, 11) is 0. The van der Waals surface area contributed by atoms with Gasteiger partial charge in [-0.25, -0.2) is 9.18 Å². The quantitative estimate of drug-likeness (QED) is 0.683. The summed E-state index contributed by atoms with van der Waals surface area (Å²) >= 11 is 0. The van der Waals surface area contributed by atoms with E-state index in [-0.39, 0.29) is 5.56 Å². The van der Waals surface area contributed by atoms with E-state index in [1.54, 1.807) is 0 Å². The number of hydrogen-bond donors (Lipinski definition) is 2. The van der Waals surface area contributed by atoms with Crippen LogP contribution in [0.15, 0.2) is 24.3 Å². The highest BCUT2D eigenvalue weighted by molar-refractivity contribution is 5.85. The highest BCUT2D eigenvalue weighted by atomic mass is 19.1. The fraction of sp³-hybridized carbons (Fsp3) is 0.